The molecule has 30 heavy (non-hydrogen) atoms. The summed E-state index contributed by atoms with van der Waals surface area (Å²) in [6.45, 7) is 5.79. The van der Waals surface area contributed by atoms with Crippen LogP contribution in [-0.2, 0) is 83.1 Å². The van der Waals surface area contributed by atoms with Gasteiger partial charge in [0.2, 0.25) is 0 Å². The van der Waals surface area contributed by atoms with Crippen LogP contribution in [0.1, 0.15) is 57.6 Å². The van der Waals surface area contributed by atoms with E-state index >= 15 is 0 Å². The third kappa shape index (κ3) is 17.6. The molecule has 2 aromatic carbocycles. The molecule has 164 valence electrons. The van der Waals surface area contributed by atoms with E-state index in [-0.39, 0.29) is 86.2 Å². The van der Waals surface area contributed by atoms with Crippen molar-refractivity contribution in [2.75, 3.05) is 7.11 Å². The second-order valence-corrected chi connectivity index (χ2v) is 6.29. The van der Waals surface area contributed by atoms with Crippen LogP contribution in [0.15, 0.2) is 48.5 Å². The zero-order valence-electron chi connectivity index (χ0n) is 19.7. The maximum absolute atomic E-state index is 10.6. The summed E-state index contributed by atoms with van der Waals surface area (Å²) < 4.78 is 10.0. The Morgan fingerprint density at radius 2 is 1.10 bits per heavy atom. The number of hydrogen-bond acceptors (Lipinski definition) is 3. The topological polar surface area (TPSA) is 35.5 Å². The molecular weight excluding hydrogens is 526 g/mol. The number of hydrogen-bond donors (Lipinski definition) is 0. The molecule has 3 nitrogen and oxygen atoms in total. The van der Waals surface area contributed by atoms with Crippen LogP contribution < -0.4 is 9.47 Å². The Bertz CT molecular complexity index is 626. The van der Waals surface area contributed by atoms with Gasteiger partial charge in [-0.2, -0.15) is 0 Å². The summed E-state index contributed by atoms with van der Waals surface area (Å²) in [4.78, 5) is 10.6. The summed E-state index contributed by atoms with van der Waals surface area (Å²) in [6.07, 6.45) is 7.20. The first-order valence-electron chi connectivity index (χ1n) is 9.49. The maximum Gasteiger partial charge on any atom is 0.308 e. The molecular formula is C25H38O3Y2-2. The smallest absolute Gasteiger partial charge is 0.308 e. The van der Waals surface area contributed by atoms with Crippen LogP contribution in [0.4, 0.5) is 0 Å². The maximum atomic E-state index is 10.6. The molecule has 5 heteroatoms. The van der Waals surface area contributed by atoms with Crippen molar-refractivity contribution in [1.29, 1.82) is 0 Å². The predicted molar refractivity (Wildman–Crippen MR) is 121 cm³/mol. The predicted octanol–water partition coefficient (Wildman–Crippen LogP) is 6.89. The number of ether oxygens (including phenoxy) is 2. The van der Waals surface area contributed by atoms with E-state index in [1.807, 2.05) is 36.4 Å². The van der Waals surface area contributed by atoms with Gasteiger partial charge in [-0.3, -0.25) is 4.79 Å². The van der Waals surface area contributed by atoms with E-state index in [4.69, 9.17) is 9.47 Å². The van der Waals surface area contributed by atoms with Gasteiger partial charge >= 0.3 is 5.97 Å². The number of rotatable bonds is 8. The summed E-state index contributed by atoms with van der Waals surface area (Å²) in [6, 6.07) is 16.0. The molecule has 0 aliphatic heterocycles. The third-order valence-corrected chi connectivity index (χ3v) is 3.98. The van der Waals surface area contributed by atoms with Crippen LogP contribution in [0.25, 0.3) is 0 Å². The molecule has 0 amide bonds. The van der Waals surface area contributed by atoms with Gasteiger partial charge in [0.15, 0.2) is 0 Å². The van der Waals surface area contributed by atoms with Gasteiger partial charge in [0, 0.05) is 72.3 Å². The van der Waals surface area contributed by atoms with E-state index < -0.39 is 0 Å². The Morgan fingerprint density at radius 1 is 0.733 bits per heavy atom. The molecule has 0 saturated heterocycles. The van der Waals surface area contributed by atoms with E-state index in [0.29, 0.717) is 5.75 Å². The van der Waals surface area contributed by atoms with Crippen molar-refractivity contribution in [3.05, 3.63) is 74.5 Å². The first-order chi connectivity index (χ1) is 12.6. The molecule has 0 saturated carbocycles. The van der Waals surface area contributed by atoms with E-state index in [2.05, 4.69) is 26.0 Å². The number of carbonyl (C=O) groups is 1. The molecule has 0 heterocycles. The van der Waals surface area contributed by atoms with Gasteiger partial charge in [0.05, 0.1) is 7.11 Å². The molecule has 0 spiro atoms. The Balaban J connectivity index is -0.000000200. The molecule has 0 N–H and O–H groups in total. The number of unbranched alkanes of at least 4 members (excludes halogenated alkanes) is 2. The quantitative estimate of drug-likeness (QED) is 0.199. The van der Waals surface area contributed by atoms with Crippen molar-refractivity contribution < 1.29 is 79.7 Å². The fraction of sp³-hybridized carbons (Fsp3) is 0.400. The molecule has 0 aliphatic rings. The Labute approximate surface area is 235 Å². The van der Waals surface area contributed by atoms with Crippen LogP contribution in [0, 0.1) is 14.9 Å². The summed E-state index contributed by atoms with van der Waals surface area (Å²) in [5.74, 6) is 1.29. The van der Waals surface area contributed by atoms with E-state index in [1.165, 1.54) is 50.2 Å². The summed E-state index contributed by atoms with van der Waals surface area (Å²) >= 11 is 0. The summed E-state index contributed by atoms with van der Waals surface area (Å²) in [7, 11) is 1.70. The zero-order chi connectivity index (χ0) is 19.2. The monoisotopic (exact) mass is 564 g/mol. The van der Waals surface area contributed by atoms with Crippen LogP contribution >= 0.6 is 0 Å². The van der Waals surface area contributed by atoms with Crippen molar-refractivity contribution >= 4 is 5.97 Å². The average molecular weight is 564 g/mol. The van der Waals surface area contributed by atoms with Gasteiger partial charge in [-0.05, 0) is 61.1 Å². The van der Waals surface area contributed by atoms with E-state index in [0.717, 1.165) is 12.2 Å². The van der Waals surface area contributed by atoms with Crippen molar-refractivity contribution in [3.63, 3.8) is 0 Å². The molecule has 2 rings (SSSR count). The largest absolute Gasteiger partial charge is 0.497 e. The fourth-order valence-electron chi connectivity index (χ4n) is 2.44. The number of esters is 1. The van der Waals surface area contributed by atoms with Crippen molar-refractivity contribution in [3.8, 4) is 11.5 Å². The van der Waals surface area contributed by atoms with Gasteiger partial charge in [-0.15, -0.1) is 0 Å². The fourth-order valence-corrected chi connectivity index (χ4v) is 2.44. The molecule has 2 radical (unpaired) electrons. The van der Waals surface area contributed by atoms with Crippen LogP contribution in [0.2, 0.25) is 0 Å². The van der Waals surface area contributed by atoms with E-state index in [1.54, 1.807) is 7.11 Å². The van der Waals surface area contributed by atoms with Gasteiger partial charge < -0.3 is 24.3 Å². The Morgan fingerprint density at radius 3 is 1.40 bits per heavy atom. The van der Waals surface area contributed by atoms with Gasteiger partial charge in [0.25, 0.3) is 0 Å². The SMILES string of the molecule is CCCCc1ccc(OC(C)=O)cc1.CCCCc1ccc(OC)cc1.[CH3-].[CH3-].[Y].[Y]. The average Bonchev–Trinajstić information content (AvgIpc) is 2.66. The van der Waals surface area contributed by atoms with Crippen LogP contribution in [0.3, 0.4) is 0 Å². The van der Waals surface area contributed by atoms with E-state index in [9.17, 15) is 4.79 Å². The standard InChI is InChI=1S/C12H16O2.C11H16O.2CH3.2Y/c1-3-4-5-11-6-8-12(9-7-11)14-10(2)13;1-3-4-5-10-6-8-11(12-2)9-7-10;;;;/h6-9H,3-5H2,1-2H3;6-9H,3-5H2,1-2H3;2*1H3;;/q;;2*-1;;. The molecule has 0 unspecified atom stereocenters. The molecule has 0 fully saturated rings. The zero-order valence-corrected chi connectivity index (χ0v) is 25.4. The second-order valence-electron chi connectivity index (χ2n) is 6.29. The van der Waals surface area contributed by atoms with Gasteiger partial charge in [-0.1, -0.05) is 51.0 Å². The van der Waals surface area contributed by atoms with Crippen LogP contribution in [0.5, 0.6) is 11.5 Å². The number of aryl methyl sites for hydroxylation is 2. The molecule has 0 aromatic heterocycles. The summed E-state index contributed by atoms with van der Waals surface area (Å²) in [5, 5.41) is 0. The summed E-state index contributed by atoms with van der Waals surface area (Å²) in [5.41, 5.74) is 2.69. The van der Waals surface area contributed by atoms with Crippen molar-refractivity contribution in [2.45, 2.75) is 59.3 Å². The number of carbonyl (C=O) groups excluding carboxylic acids is 1. The Hall–Kier alpha value is -0.0822. The van der Waals surface area contributed by atoms with Gasteiger partial charge in [0.1, 0.15) is 11.5 Å². The minimum absolute atomic E-state index is 0. The second kappa shape index (κ2) is 23.6. The normalized spacial score (nSPS) is 8.53. The van der Waals surface area contributed by atoms with Crippen molar-refractivity contribution in [2.24, 2.45) is 0 Å². The Kier molecular flexibility index (Phi) is 29.3. The number of benzene rings is 2. The van der Waals surface area contributed by atoms with Gasteiger partial charge in [-0.25, -0.2) is 0 Å². The van der Waals surface area contributed by atoms with Crippen LogP contribution in [-0.4, -0.2) is 13.1 Å². The first-order valence-corrected chi connectivity index (χ1v) is 9.49. The molecule has 0 bridgehead atoms. The first kappa shape index (κ1) is 37.2. The minimum atomic E-state index is -0.272. The minimum Gasteiger partial charge on any atom is -0.497 e. The van der Waals surface area contributed by atoms with Crippen molar-refractivity contribution in [1.82, 2.24) is 0 Å². The molecule has 0 aliphatic carbocycles. The molecule has 2 aromatic rings. The number of methoxy groups -OCH3 is 1. The molecule has 0 atom stereocenters. The third-order valence-electron chi connectivity index (χ3n) is 3.98.